The first-order valence-corrected chi connectivity index (χ1v) is 6.44. The van der Waals surface area contributed by atoms with Crippen molar-refractivity contribution in [3.05, 3.63) is 5.82 Å². The van der Waals surface area contributed by atoms with Crippen molar-refractivity contribution in [3.8, 4) is 0 Å². The summed E-state index contributed by atoms with van der Waals surface area (Å²) in [6.45, 7) is 8.06. The highest BCUT2D eigenvalue weighted by Gasteiger charge is 2.32. The third-order valence-corrected chi connectivity index (χ3v) is 3.61. The number of H-pyrrole nitrogens is 1. The zero-order chi connectivity index (χ0) is 13.4. The molecule has 1 aliphatic heterocycles. The molecule has 0 saturated carbocycles. The average molecular weight is 253 g/mol. The lowest BCUT2D eigenvalue weighted by Crippen LogP contribution is -2.46. The fraction of sp³-hybridized carbons (Fsp3) is 0.833. The maximum atomic E-state index is 9.88. The Morgan fingerprint density at radius 2 is 2.28 bits per heavy atom. The van der Waals surface area contributed by atoms with E-state index in [1.807, 2.05) is 0 Å². The highest BCUT2D eigenvalue weighted by molar-refractivity contribution is 5.31. The number of aliphatic hydroxyl groups is 1. The van der Waals surface area contributed by atoms with Crippen LogP contribution in [-0.4, -0.2) is 39.9 Å². The Morgan fingerprint density at radius 1 is 1.56 bits per heavy atom. The van der Waals surface area contributed by atoms with Crippen LogP contribution in [0.3, 0.4) is 0 Å². The van der Waals surface area contributed by atoms with E-state index in [2.05, 4.69) is 27.0 Å². The number of nitrogens with two attached hydrogens (primary N) is 1. The molecule has 1 atom stereocenters. The van der Waals surface area contributed by atoms with E-state index in [-0.39, 0.29) is 5.41 Å². The Hall–Kier alpha value is -1.14. The molecule has 18 heavy (non-hydrogen) atoms. The monoisotopic (exact) mass is 253 g/mol. The lowest BCUT2D eigenvalue weighted by molar-refractivity contribution is 0.0691. The van der Waals surface area contributed by atoms with Crippen molar-refractivity contribution in [1.82, 2.24) is 15.2 Å². The second-order valence-electron chi connectivity index (χ2n) is 6.08. The van der Waals surface area contributed by atoms with Gasteiger partial charge in [-0.2, -0.15) is 4.98 Å². The molecular formula is C12H23N5O. The van der Waals surface area contributed by atoms with Gasteiger partial charge in [0.05, 0.1) is 0 Å². The molecule has 0 radical (unpaired) electrons. The molecule has 1 fully saturated rings. The molecule has 0 bridgehead atoms. The summed E-state index contributed by atoms with van der Waals surface area (Å²) in [5.74, 6) is 1.16. The van der Waals surface area contributed by atoms with Crippen LogP contribution in [0.5, 0.6) is 0 Å². The summed E-state index contributed by atoms with van der Waals surface area (Å²) < 4.78 is 0. The number of aromatic nitrogens is 3. The molecule has 0 spiro atoms. The van der Waals surface area contributed by atoms with Crippen LogP contribution in [0.2, 0.25) is 0 Å². The lowest BCUT2D eigenvalue weighted by Gasteiger charge is -2.39. The third-order valence-electron chi connectivity index (χ3n) is 3.61. The van der Waals surface area contributed by atoms with Gasteiger partial charge in [0.1, 0.15) is 5.60 Å². The molecule has 4 N–H and O–H groups in total. The van der Waals surface area contributed by atoms with Gasteiger partial charge in [0.2, 0.25) is 5.95 Å². The summed E-state index contributed by atoms with van der Waals surface area (Å²) in [6, 6.07) is 0. The largest absolute Gasteiger partial charge is 0.382 e. The average Bonchev–Trinajstić information content (AvgIpc) is 2.78. The van der Waals surface area contributed by atoms with Crippen LogP contribution >= 0.6 is 0 Å². The van der Waals surface area contributed by atoms with Crippen molar-refractivity contribution >= 4 is 5.95 Å². The van der Waals surface area contributed by atoms with Gasteiger partial charge in [0.15, 0.2) is 5.82 Å². The molecular weight excluding hydrogens is 230 g/mol. The number of nitrogens with zero attached hydrogens (tertiary/aromatic N) is 3. The first-order chi connectivity index (χ1) is 8.34. The maximum Gasteiger partial charge on any atom is 0.244 e. The minimum atomic E-state index is -0.988. The molecule has 0 amide bonds. The van der Waals surface area contributed by atoms with Crippen molar-refractivity contribution in [2.75, 3.05) is 24.5 Å². The fourth-order valence-corrected chi connectivity index (χ4v) is 2.32. The second kappa shape index (κ2) is 4.51. The van der Waals surface area contributed by atoms with Crippen LogP contribution in [0.4, 0.5) is 5.95 Å². The van der Waals surface area contributed by atoms with Gasteiger partial charge in [-0.3, -0.25) is 5.10 Å². The predicted octanol–water partition coefficient (Wildman–Crippen LogP) is 0.597. The van der Waals surface area contributed by atoms with Gasteiger partial charge < -0.3 is 15.7 Å². The number of aromatic amines is 1. The van der Waals surface area contributed by atoms with Crippen molar-refractivity contribution in [1.29, 1.82) is 0 Å². The van der Waals surface area contributed by atoms with Crippen LogP contribution in [0, 0.1) is 5.41 Å². The van der Waals surface area contributed by atoms with E-state index in [1.165, 1.54) is 0 Å². The van der Waals surface area contributed by atoms with Crippen molar-refractivity contribution < 1.29 is 5.11 Å². The van der Waals surface area contributed by atoms with E-state index >= 15 is 0 Å². The molecule has 2 heterocycles. The van der Waals surface area contributed by atoms with Crippen molar-refractivity contribution in [2.24, 2.45) is 11.1 Å². The summed E-state index contributed by atoms with van der Waals surface area (Å²) in [5.41, 5.74) is 4.98. The quantitative estimate of drug-likeness (QED) is 0.733. The molecule has 6 heteroatoms. The van der Waals surface area contributed by atoms with Gasteiger partial charge in [0.25, 0.3) is 0 Å². The van der Waals surface area contributed by atoms with E-state index in [0.717, 1.165) is 25.9 Å². The first-order valence-electron chi connectivity index (χ1n) is 6.44. The zero-order valence-electron chi connectivity index (χ0n) is 11.4. The van der Waals surface area contributed by atoms with Gasteiger partial charge in [-0.15, -0.1) is 5.10 Å². The molecule has 2 rings (SSSR count). The molecule has 102 valence electrons. The Balaban J connectivity index is 2.14. The highest BCUT2D eigenvalue weighted by atomic mass is 16.3. The molecule has 1 aromatic rings. The predicted molar refractivity (Wildman–Crippen MR) is 70.2 cm³/mol. The highest BCUT2D eigenvalue weighted by Crippen LogP contribution is 2.30. The van der Waals surface area contributed by atoms with E-state index in [0.29, 0.717) is 18.3 Å². The van der Waals surface area contributed by atoms with Gasteiger partial charge in [-0.05, 0) is 38.6 Å². The fourth-order valence-electron chi connectivity index (χ4n) is 2.32. The smallest absolute Gasteiger partial charge is 0.244 e. The standard InChI is InChI=1S/C12H23N5O/c1-11(2,18)9-14-10(16-15-9)17-6-4-5-12(3,7-13)8-17/h18H,4-8,13H2,1-3H3,(H,14,15,16). The van der Waals surface area contributed by atoms with E-state index < -0.39 is 5.60 Å². The van der Waals surface area contributed by atoms with E-state index in [1.54, 1.807) is 13.8 Å². The maximum absolute atomic E-state index is 9.88. The van der Waals surface area contributed by atoms with E-state index in [4.69, 9.17) is 5.73 Å². The molecule has 1 aliphatic rings. The third kappa shape index (κ3) is 2.64. The minimum absolute atomic E-state index is 0.133. The molecule has 1 unspecified atom stereocenters. The molecule has 0 aliphatic carbocycles. The summed E-state index contributed by atoms with van der Waals surface area (Å²) in [6.07, 6.45) is 2.24. The molecule has 1 aromatic heterocycles. The van der Waals surface area contributed by atoms with E-state index in [9.17, 15) is 5.11 Å². The Labute approximate surface area is 108 Å². The summed E-state index contributed by atoms with van der Waals surface area (Å²) in [7, 11) is 0. The normalized spacial score (nSPS) is 25.5. The summed E-state index contributed by atoms with van der Waals surface area (Å²) in [4.78, 5) is 6.51. The summed E-state index contributed by atoms with van der Waals surface area (Å²) >= 11 is 0. The van der Waals surface area contributed by atoms with Crippen LogP contribution < -0.4 is 10.6 Å². The van der Waals surface area contributed by atoms with Gasteiger partial charge in [-0.25, -0.2) is 0 Å². The van der Waals surface area contributed by atoms with Gasteiger partial charge in [0, 0.05) is 13.1 Å². The van der Waals surface area contributed by atoms with Crippen LogP contribution in [0.1, 0.15) is 39.4 Å². The van der Waals surface area contributed by atoms with Crippen LogP contribution in [0.15, 0.2) is 0 Å². The SMILES string of the molecule is CC1(CN)CCCN(c2n[nH]c(C(C)(C)O)n2)C1. The zero-order valence-corrected chi connectivity index (χ0v) is 11.4. The molecule has 1 saturated heterocycles. The molecule has 6 nitrogen and oxygen atoms in total. The van der Waals surface area contributed by atoms with Crippen LogP contribution in [0.25, 0.3) is 0 Å². The second-order valence-corrected chi connectivity index (χ2v) is 6.08. The number of rotatable bonds is 3. The number of piperidine rings is 1. The number of anilines is 1. The minimum Gasteiger partial charge on any atom is -0.382 e. The number of hydrogen-bond acceptors (Lipinski definition) is 5. The number of nitrogens with one attached hydrogen (secondary N) is 1. The van der Waals surface area contributed by atoms with Gasteiger partial charge in [-0.1, -0.05) is 6.92 Å². The van der Waals surface area contributed by atoms with Gasteiger partial charge >= 0.3 is 0 Å². The number of hydrogen-bond donors (Lipinski definition) is 3. The topological polar surface area (TPSA) is 91.1 Å². The summed E-state index contributed by atoms with van der Waals surface area (Å²) in [5, 5.41) is 16.9. The van der Waals surface area contributed by atoms with Crippen LogP contribution in [-0.2, 0) is 5.60 Å². The first kappa shape index (κ1) is 13.3. The Kier molecular flexibility index (Phi) is 3.33. The lowest BCUT2D eigenvalue weighted by atomic mass is 9.82. The molecule has 0 aromatic carbocycles. The Bertz CT molecular complexity index is 411. The van der Waals surface area contributed by atoms with Crippen molar-refractivity contribution in [3.63, 3.8) is 0 Å². The Morgan fingerprint density at radius 3 is 2.83 bits per heavy atom. The van der Waals surface area contributed by atoms with Crippen molar-refractivity contribution in [2.45, 2.75) is 39.2 Å².